The lowest BCUT2D eigenvalue weighted by Gasteiger charge is -2.30. The molecule has 7 heteroatoms. The van der Waals surface area contributed by atoms with Crippen LogP contribution in [-0.2, 0) is 9.59 Å². The van der Waals surface area contributed by atoms with Crippen molar-refractivity contribution in [3.8, 4) is 0 Å². The van der Waals surface area contributed by atoms with Crippen LogP contribution in [0.3, 0.4) is 0 Å². The van der Waals surface area contributed by atoms with Gasteiger partial charge in [0.2, 0.25) is 11.8 Å². The van der Waals surface area contributed by atoms with E-state index in [0.29, 0.717) is 5.56 Å². The van der Waals surface area contributed by atoms with Crippen molar-refractivity contribution >= 4 is 29.5 Å². The second-order valence-corrected chi connectivity index (χ2v) is 10.2. The molecule has 0 spiro atoms. The molecular formula is C21H27N3O3S. The fraction of sp³-hybridized carbons (Fsp3) is 0.571. The SMILES string of the molecule is C[C@H](NC(=O)[C@H]1N2C(=O)c3ccccc3[C@H]2SC1(C)C)C(=O)NC1CCCC1. The number of hydrogen-bond donors (Lipinski definition) is 2. The maximum absolute atomic E-state index is 13.2. The Balaban J connectivity index is 1.49. The molecule has 150 valence electrons. The number of amides is 3. The Kier molecular flexibility index (Phi) is 4.89. The summed E-state index contributed by atoms with van der Waals surface area (Å²) in [5.41, 5.74) is 1.63. The molecule has 0 bridgehead atoms. The van der Waals surface area contributed by atoms with E-state index in [4.69, 9.17) is 0 Å². The summed E-state index contributed by atoms with van der Waals surface area (Å²) in [4.78, 5) is 40.3. The highest BCUT2D eigenvalue weighted by molar-refractivity contribution is 8.01. The van der Waals surface area contributed by atoms with Gasteiger partial charge in [-0.05, 0) is 45.2 Å². The van der Waals surface area contributed by atoms with E-state index in [-0.39, 0.29) is 29.1 Å². The molecule has 4 rings (SSSR count). The number of nitrogens with zero attached hydrogens (tertiary/aromatic N) is 1. The largest absolute Gasteiger partial charge is 0.352 e. The molecule has 1 saturated carbocycles. The molecular weight excluding hydrogens is 374 g/mol. The topological polar surface area (TPSA) is 78.5 Å². The lowest BCUT2D eigenvalue weighted by atomic mass is 10.0. The zero-order valence-electron chi connectivity index (χ0n) is 16.5. The van der Waals surface area contributed by atoms with Gasteiger partial charge in [-0.25, -0.2) is 0 Å². The van der Waals surface area contributed by atoms with Gasteiger partial charge in [0.1, 0.15) is 17.5 Å². The van der Waals surface area contributed by atoms with Crippen LogP contribution in [0.1, 0.15) is 67.7 Å². The van der Waals surface area contributed by atoms with Crippen molar-refractivity contribution < 1.29 is 14.4 Å². The molecule has 3 atom stereocenters. The number of fused-ring (bicyclic) bond motifs is 3. The van der Waals surface area contributed by atoms with E-state index >= 15 is 0 Å². The minimum atomic E-state index is -0.631. The van der Waals surface area contributed by atoms with Crippen LogP contribution in [0.25, 0.3) is 0 Å². The Morgan fingerprint density at radius 3 is 2.61 bits per heavy atom. The molecule has 2 aliphatic heterocycles. The van der Waals surface area contributed by atoms with Gasteiger partial charge in [0.15, 0.2) is 0 Å². The van der Waals surface area contributed by atoms with Crippen LogP contribution in [-0.4, -0.2) is 45.5 Å². The summed E-state index contributed by atoms with van der Waals surface area (Å²) < 4.78 is -0.445. The maximum atomic E-state index is 13.2. The van der Waals surface area contributed by atoms with Crippen molar-refractivity contribution in [3.63, 3.8) is 0 Å². The van der Waals surface area contributed by atoms with Gasteiger partial charge in [-0.1, -0.05) is 31.0 Å². The average Bonchev–Trinajstić information content (AvgIpc) is 3.31. The predicted octanol–water partition coefficient (Wildman–Crippen LogP) is 2.60. The van der Waals surface area contributed by atoms with Crippen LogP contribution >= 0.6 is 11.8 Å². The Labute approximate surface area is 169 Å². The van der Waals surface area contributed by atoms with Crippen LogP contribution in [0, 0.1) is 0 Å². The third-order valence-corrected chi connectivity index (χ3v) is 7.53. The summed E-state index contributed by atoms with van der Waals surface area (Å²) in [6.45, 7) is 5.67. The number of benzene rings is 1. The normalized spacial score (nSPS) is 26.7. The molecule has 6 nitrogen and oxygen atoms in total. The van der Waals surface area contributed by atoms with Gasteiger partial charge >= 0.3 is 0 Å². The zero-order valence-corrected chi connectivity index (χ0v) is 17.3. The molecule has 0 aromatic heterocycles. The first-order valence-electron chi connectivity index (χ1n) is 10.00. The van der Waals surface area contributed by atoms with Crippen LogP contribution in [0.4, 0.5) is 0 Å². The number of carbonyl (C=O) groups excluding carboxylic acids is 3. The highest BCUT2D eigenvalue weighted by atomic mass is 32.2. The molecule has 1 aromatic rings. The van der Waals surface area contributed by atoms with Gasteiger partial charge in [0, 0.05) is 16.4 Å². The number of nitrogens with one attached hydrogen (secondary N) is 2. The summed E-state index contributed by atoms with van der Waals surface area (Å²) >= 11 is 1.63. The molecule has 1 aromatic carbocycles. The van der Waals surface area contributed by atoms with E-state index in [2.05, 4.69) is 10.6 Å². The molecule has 0 radical (unpaired) electrons. The zero-order chi connectivity index (χ0) is 20.1. The standard InChI is InChI=1S/C21H27N3O3S/c1-12(17(25)23-13-8-4-5-9-13)22-18(26)16-21(2,3)28-20-15-11-7-6-10-14(15)19(27)24(16)20/h6-7,10-13,16,20H,4-5,8-9H2,1-3H3,(H,22,26)(H,23,25)/t12-,16+,20+/m0/s1. The molecule has 2 heterocycles. The second kappa shape index (κ2) is 7.10. The molecule has 2 fully saturated rings. The first-order chi connectivity index (χ1) is 13.3. The molecule has 1 aliphatic carbocycles. The van der Waals surface area contributed by atoms with E-state index in [0.717, 1.165) is 31.2 Å². The quantitative estimate of drug-likeness (QED) is 0.813. The lowest BCUT2D eigenvalue weighted by molar-refractivity contribution is -0.131. The predicted molar refractivity (Wildman–Crippen MR) is 109 cm³/mol. The third kappa shape index (κ3) is 3.19. The smallest absolute Gasteiger partial charge is 0.256 e. The first kappa shape index (κ1) is 19.3. The van der Waals surface area contributed by atoms with Crippen molar-refractivity contribution in [3.05, 3.63) is 35.4 Å². The van der Waals surface area contributed by atoms with E-state index in [9.17, 15) is 14.4 Å². The molecule has 3 aliphatic rings. The fourth-order valence-electron chi connectivity index (χ4n) is 4.56. The monoisotopic (exact) mass is 401 g/mol. The van der Waals surface area contributed by atoms with Crippen molar-refractivity contribution in [2.45, 2.75) is 74.7 Å². The summed E-state index contributed by atoms with van der Waals surface area (Å²) in [5.74, 6) is -0.534. The molecule has 1 saturated heterocycles. The van der Waals surface area contributed by atoms with Crippen molar-refractivity contribution in [2.75, 3.05) is 0 Å². The maximum Gasteiger partial charge on any atom is 0.256 e. The number of hydrogen-bond acceptors (Lipinski definition) is 4. The van der Waals surface area contributed by atoms with E-state index in [1.54, 1.807) is 23.6 Å². The van der Waals surface area contributed by atoms with E-state index in [1.807, 2.05) is 38.1 Å². The van der Waals surface area contributed by atoms with Gasteiger partial charge in [0.05, 0.1) is 0 Å². The van der Waals surface area contributed by atoms with Gasteiger partial charge in [0.25, 0.3) is 5.91 Å². The van der Waals surface area contributed by atoms with Crippen molar-refractivity contribution in [1.29, 1.82) is 0 Å². The summed E-state index contributed by atoms with van der Waals surface area (Å²) in [7, 11) is 0. The van der Waals surface area contributed by atoms with Crippen LogP contribution in [0.15, 0.2) is 24.3 Å². The Bertz CT molecular complexity index is 819. The van der Waals surface area contributed by atoms with Crippen molar-refractivity contribution in [1.82, 2.24) is 15.5 Å². The lowest BCUT2D eigenvalue weighted by Crippen LogP contribution is -2.56. The second-order valence-electron chi connectivity index (χ2n) is 8.50. The van der Waals surface area contributed by atoms with Crippen LogP contribution < -0.4 is 10.6 Å². The number of carbonyl (C=O) groups is 3. The fourth-order valence-corrected chi connectivity index (χ4v) is 6.15. The van der Waals surface area contributed by atoms with Gasteiger partial charge in [-0.2, -0.15) is 0 Å². The molecule has 0 unspecified atom stereocenters. The number of rotatable bonds is 4. The van der Waals surface area contributed by atoms with Crippen LogP contribution in [0.5, 0.6) is 0 Å². The van der Waals surface area contributed by atoms with Gasteiger partial charge in [-0.15, -0.1) is 11.8 Å². The van der Waals surface area contributed by atoms with Crippen molar-refractivity contribution in [2.24, 2.45) is 0 Å². The molecule has 28 heavy (non-hydrogen) atoms. The van der Waals surface area contributed by atoms with Gasteiger partial charge in [-0.3, -0.25) is 14.4 Å². The summed E-state index contributed by atoms with van der Waals surface area (Å²) in [6, 6.07) is 6.50. The van der Waals surface area contributed by atoms with E-state index in [1.165, 1.54) is 0 Å². The third-order valence-electron chi connectivity index (χ3n) is 6.00. The summed E-state index contributed by atoms with van der Waals surface area (Å²) in [6.07, 6.45) is 4.28. The first-order valence-corrected chi connectivity index (χ1v) is 10.9. The minimum Gasteiger partial charge on any atom is -0.352 e. The summed E-state index contributed by atoms with van der Waals surface area (Å²) in [5, 5.41) is 5.72. The van der Waals surface area contributed by atoms with Gasteiger partial charge < -0.3 is 15.5 Å². The van der Waals surface area contributed by atoms with Crippen LogP contribution in [0.2, 0.25) is 0 Å². The molecule has 3 amide bonds. The minimum absolute atomic E-state index is 0.109. The Hall–Kier alpha value is -2.02. The average molecular weight is 402 g/mol. The highest BCUT2D eigenvalue weighted by Crippen LogP contribution is 2.56. The number of thioether (sulfide) groups is 1. The highest BCUT2D eigenvalue weighted by Gasteiger charge is 2.57. The molecule has 2 N–H and O–H groups in total. The Morgan fingerprint density at radius 1 is 1.21 bits per heavy atom. The van der Waals surface area contributed by atoms with E-state index < -0.39 is 16.8 Å². The Morgan fingerprint density at radius 2 is 1.89 bits per heavy atom.